The number of hydrogen-bond acceptors (Lipinski definition) is 7. The summed E-state index contributed by atoms with van der Waals surface area (Å²) >= 11 is 5.92. The first kappa shape index (κ1) is 16.7. The summed E-state index contributed by atoms with van der Waals surface area (Å²) in [7, 11) is 0. The lowest BCUT2D eigenvalue weighted by Crippen LogP contribution is -2.06. The van der Waals surface area contributed by atoms with Crippen LogP contribution in [0.3, 0.4) is 0 Å². The summed E-state index contributed by atoms with van der Waals surface area (Å²) < 4.78 is 7.39. The summed E-state index contributed by atoms with van der Waals surface area (Å²) in [6, 6.07) is 16.4. The van der Waals surface area contributed by atoms with Gasteiger partial charge in [-0.15, -0.1) is 10.2 Å². The molecule has 0 aliphatic carbocycles. The predicted octanol–water partition coefficient (Wildman–Crippen LogP) is 2.55. The smallest absolute Gasteiger partial charge is 0.194 e. The molecule has 9 nitrogen and oxygen atoms in total. The first-order valence-corrected chi connectivity index (χ1v) is 8.20. The predicted molar refractivity (Wildman–Crippen MR) is 95.0 cm³/mol. The van der Waals surface area contributed by atoms with E-state index >= 15 is 0 Å². The Labute approximate surface area is 158 Å². The highest BCUT2D eigenvalue weighted by molar-refractivity contribution is 6.30. The summed E-state index contributed by atoms with van der Waals surface area (Å²) in [5, 5.41) is 31.6. The van der Waals surface area contributed by atoms with Gasteiger partial charge in [-0.1, -0.05) is 28.9 Å². The van der Waals surface area contributed by atoms with Crippen LogP contribution in [0.15, 0.2) is 48.5 Å². The normalized spacial score (nSPS) is 10.5. The topological polar surface area (TPSA) is 118 Å². The van der Waals surface area contributed by atoms with Gasteiger partial charge in [-0.2, -0.15) is 9.94 Å². The molecule has 0 amide bonds. The molecule has 2 aromatic heterocycles. The van der Waals surface area contributed by atoms with E-state index in [1.807, 2.05) is 30.3 Å². The lowest BCUT2D eigenvalue weighted by molar-refractivity contribution is 0.292. The van der Waals surface area contributed by atoms with Crippen LogP contribution in [0.25, 0.3) is 16.9 Å². The van der Waals surface area contributed by atoms with Gasteiger partial charge >= 0.3 is 0 Å². The van der Waals surface area contributed by atoms with Crippen molar-refractivity contribution in [1.29, 1.82) is 5.26 Å². The zero-order valence-corrected chi connectivity index (χ0v) is 14.5. The molecule has 4 rings (SSSR count). The quantitative estimate of drug-likeness (QED) is 0.566. The van der Waals surface area contributed by atoms with Gasteiger partial charge in [0.15, 0.2) is 11.5 Å². The lowest BCUT2D eigenvalue weighted by Gasteiger charge is -2.08. The van der Waals surface area contributed by atoms with E-state index in [2.05, 4.69) is 30.9 Å². The number of H-pyrrole nitrogens is 1. The standard InChI is InChI=1S/C17H11ClN8O/c18-12-4-6-13(7-5-12)26-16(21-24-25-26)10-27-14-3-1-2-11(8-14)17-15(9-19)20-23-22-17/h1-8H,10H2,(H,20,22,23). The summed E-state index contributed by atoms with van der Waals surface area (Å²) in [5.41, 5.74) is 2.25. The molecule has 0 spiro atoms. The number of tetrazole rings is 1. The zero-order chi connectivity index (χ0) is 18.6. The summed E-state index contributed by atoms with van der Waals surface area (Å²) in [5.74, 6) is 1.12. The highest BCUT2D eigenvalue weighted by Crippen LogP contribution is 2.24. The van der Waals surface area contributed by atoms with Crippen LogP contribution in [0.4, 0.5) is 0 Å². The van der Waals surface area contributed by atoms with Crippen LogP contribution >= 0.6 is 11.6 Å². The molecule has 2 heterocycles. The van der Waals surface area contributed by atoms with Crippen molar-refractivity contribution in [1.82, 2.24) is 35.6 Å². The van der Waals surface area contributed by atoms with Gasteiger partial charge in [0.25, 0.3) is 0 Å². The van der Waals surface area contributed by atoms with Crippen LogP contribution in [0, 0.1) is 11.3 Å². The van der Waals surface area contributed by atoms with E-state index < -0.39 is 0 Å². The van der Waals surface area contributed by atoms with E-state index in [1.165, 1.54) is 0 Å². The van der Waals surface area contributed by atoms with Gasteiger partial charge in [0.1, 0.15) is 24.1 Å². The Kier molecular flexibility index (Phi) is 4.47. The summed E-state index contributed by atoms with van der Waals surface area (Å²) in [6.45, 7) is 0.156. The molecule has 0 radical (unpaired) electrons. The maximum absolute atomic E-state index is 9.10. The van der Waals surface area contributed by atoms with Gasteiger partial charge < -0.3 is 4.74 Å². The second-order valence-electron chi connectivity index (χ2n) is 5.45. The molecule has 0 bridgehead atoms. The van der Waals surface area contributed by atoms with Gasteiger partial charge in [0.05, 0.1) is 5.69 Å². The first-order valence-electron chi connectivity index (χ1n) is 7.82. The highest BCUT2D eigenvalue weighted by Gasteiger charge is 2.12. The van der Waals surface area contributed by atoms with Crippen molar-refractivity contribution >= 4 is 11.6 Å². The maximum atomic E-state index is 9.10. The van der Waals surface area contributed by atoms with E-state index in [9.17, 15) is 0 Å². The maximum Gasteiger partial charge on any atom is 0.194 e. The van der Waals surface area contributed by atoms with Crippen molar-refractivity contribution in [3.8, 4) is 28.8 Å². The van der Waals surface area contributed by atoms with E-state index in [-0.39, 0.29) is 6.61 Å². The Balaban J connectivity index is 1.54. The van der Waals surface area contributed by atoms with Crippen molar-refractivity contribution in [2.45, 2.75) is 6.61 Å². The van der Waals surface area contributed by atoms with Gasteiger partial charge in [0, 0.05) is 10.6 Å². The molecule has 10 heteroatoms. The zero-order valence-electron chi connectivity index (χ0n) is 13.7. The third-order valence-electron chi connectivity index (χ3n) is 3.74. The molecule has 2 aromatic carbocycles. The monoisotopic (exact) mass is 378 g/mol. The Morgan fingerprint density at radius 1 is 1.15 bits per heavy atom. The molecule has 1 N–H and O–H groups in total. The number of aromatic nitrogens is 7. The fourth-order valence-electron chi connectivity index (χ4n) is 2.47. The SMILES string of the molecule is N#Cc1[nH]nnc1-c1cccc(OCc2nnnn2-c2ccc(Cl)cc2)c1. The van der Waals surface area contributed by atoms with Gasteiger partial charge in [-0.3, -0.25) is 0 Å². The molecule has 0 saturated carbocycles. The number of halogens is 1. The summed E-state index contributed by atoms with van der Waals surface area (Å²) in [4.78, 5) is 0. The average molecular weight is 379 g/mol. The molecule has 4 aromatic rings. The number of rotatable bonds is 5. The van der Waals surface area contributed by atoms with E-state index in [0.717, 1.165) is 11.3 Å². The number of ether oxygens (including phenoxy) is 1. The fourth-order valence-corrected chi connectivity index (χ4v) is 2.59. The Morgan fingerprint density at radius 3 is 2.81 bits per heavy atom. The number of hydrogen-bond donors (Lipinski definition) is 1. The minimum absolute atomic E-state index is 0.156. The third kappa shape index (κ3) is 3.47. The molecule has 27 heavy (non-hydrogen) atoms. The molecule has 132 valence electrons. The van der Waals surface area contributed by atoms with Crippen LogP contribution in [0.1, 0.15) is 11.5 Å². The van der Waals surface area contributed by atoms with E-state index in [0.29, 0.717) is 28.0 Å². The van der Waals surface area contributed by atoms with E-state index in [4.69, 9.17) is 21.6 Å². The molecule has 0 saturated heterocycles. The second kappa shape index (κ2) is 7.23. The van der Waals surface area contributed by atoms with E-state index in [1.54, 1.807) is 28.9 Å². The molecular weight excluding hydrogens is 368 g/mol. The Bertz CT molecular complexity index is 1110. The van der Waals surface area contributed by atoms with Crippen LogP contribution in [0.2, 0.25) is 5.02 Å². The highest BCUT2D eigenvalue weighted by atomic mass is 35.5. The van der Waals surface area contributed by atoms with Gasteiger partial charge in [-0.05, 0) is 46.8 Å². The fraction of sp³-hybridized carbons (Fsp3) is 0.0588. The number of nitriles is 1. The Hall–Kier alpha value is -3.77. The second-order valence-corrected chi connectivity index (χ2v) is 5.88. The van der Waals surface area contributed by atoms with Crippen molar-refractivity contribution in [2.24, 2.45) is 0 Å². The minimum atomic E-state index is 0.156. The molecular formula is C17H11ClN8O. The van der Waals surface area contributed by atoms with Crippen molar-refractivity contribution in [2.75, 3.05) is 0 Å². The van der Waals surface area contributed by atoms with Crippen molar-refractivity contribution in [3.63, 3.8) is 0 Å². The molecule has 0 atom stereocenters. The number of benzene rings is 2. The minimum Gasteiger partial charge on any atom is -0.486 e. The number of nitrogens with one attached hydrogen (secondary N) is 1. The van der Waals surface area contributed by atoms with Crippen LogP contribution in [0.5, 0.6) is 5.75 Å². The van der Waals surface area contributed by atoms with Gasteiger partial charge in [0.2, 0.25) is 0 Å². The van der Waals surface area contributed by atoms with Crippen molar-refractivity contribution in [3.05, 3.63) is 65.1 Å². The average Bonchev–Trinajstić information content (AvgIpc) is 3.36. The van der Waals surface area contributed by atoms with Crippen molar-refractivity contribution < 1.29 is 4.74 Å². The first-order chi connectivity index (χ1) is 13.2. The molecule has 0 unspecified atom stereocenters. The third-order valence-corrected chi connectivity index (χ3v) is 3.99. The largest absolute Gasteiger partial charge is 0.486 e. The van der Waals surface area contributed by atoms with Gasteiger partial charge in [-0.25, -0.2) is 5.10 Å². The summed E-state index contributed by atoms with van der Waals surface area (Å²) in [6.07, 6.45) is 0. The molecule has 0 fully saturated rings. The van der Waals surface area contributed by atoms with Crippen LogP contribution in [-0.2, 0) is 6.61 Å². The van der Waals surface area contributed by atoms with Crippen LogP contribution in [-0.4, -0.2) is 35.6 Å². The number of nitrogens with zero attached hydrogens (tertiary/aromatic N) is 7. The number of aromatic amines is 1. The molecule has 0 aliphatic rings. The Morgan fingerprint density at radius 2 is 2.00 bits per heavy atom. The van der Waals surface area contributed by atoms with Crippen LogP contribution < -0.4 is 4.74 Å². The molecule has 0 aliphatic heterocycles. The lowest BCUT2D eigenvalue weighted by atomic mass is 10.1.